The minimum atomic E-state index is -0.572. The molecule has 3 atom stereocenters. The molecule has 0 aromatic carbocycles. The number of amides is 2. The molecule has 8 heteroatoms. The van der Waals surface area contributed by atoms with E-state index >= 15 is 0 Å². The number of carbonyl (C=O) groups is 4. The van der Waals surface area contributed by atoms with Crippen LogP contribution in [0.4, 0.5) is 0 Å². The number of likely N-dealkylation sites (tertiary alicyclic amines) is 1. The molecule has 0 aliphatic carbocycles. The minimum absolute atomic E-state index is 0.0273. The minimum Gasteiger partial charge on any atom is -0.464 e. The largest absolute Gasteiger partial charge is 0.464 e. The zero-order valence-electron chi connectivity index (χ0n) is 13.3. The fourth-order valence-corrected chi connectivity index (χ4v) is 2.54. The summed E-state index contributed by atoms with van der Waals surface area (Å²) in [6.45, 7) is 5.54. The average Bonchev–Trinajstić information content (AvgIpc) is 2.36. The van der Waals surface area contributed by atoms with Crippen LogP contribution in [-0.4, -0.2) is 60.0 Å². The summed E-state index contributed by atoms with van der Waals surface area (Å²) in [7, 11) is 0. The highest BCUT2D eigenvalue weighted by Gasteiger charge is 2.39. The molecule has 1 heterocycles. The van der Waals surface area contributed by atoms with E-state index in [1.807, 2.05) is 0 Å². The van der Waals surface area contributed by atoms with Gasteiger partial charge in [0.25, 0.3) is 0 Å². The second-order valence-corrected chi connectivity index (χ2v) is 5.32. The van der Waals surface area contributed by atoms with Crippen LogP contribution in [0.5, 0.6) is 0 Å². The maximum Gasteiger partial charge on any atom is 0.302 e. The standard InChI is InChI=1S/C14H22N2O6/c1-8(17)15-13-6-16(9(2)18)12(7-21-10(3)19)5-14(13)22-11(4)20/h12-14H,5-7H2,1-4H3,(H,15,17)/t12-,13+,14-/m1/s1. The molecule has 1 aliphatic heterocycles. The summed E-state index contributed by atoms with van der Waals surface area (Å²) in [5.74, 6) is -1.39. The third kappa shape index (κ3) is 5.34. The predicted octanol–water partition coefficient (Wildman–Crippen LogP) is -0.393. The number of ether oxygens (including phenoxy) is 2. The van der Waals surface area contributed by atoms with E-state index in [0.29, 0.717) is 0 Å². The van der Waals surface area contributed by atoms with Crippen molar-refractivity contribution < 1.29 is 28.7 Å². The smallest absolute Gasteiger partial charge is 0.302 e. The maximum atomic E-state index is 11.8. The number of esters is 2. The lowest BCUT2D eigenvalue weighted by molar-refractivity contribution is -0.159. The van der Waals surface area contributed by atoms with Gasteiger partial charge in [0.05, 0.1) is 12.1 Å². The van der Waals surface area contributed by atoms with Crippen LogP contribution < -0.4 is 5.32 Å². The van der Waals surface area contributed by atoms with Crippen LogP contribution in [0.1, 0.15) is 34.1 Å². The van der Waals surface area contributed by atoms with Gasteiger partial charge in [0.15, 0.2) is 0 Å². The van der Waals surface area contributed by atoms with Crippen molar-refractivity contribution in [3.8, 4) is 0 Å². The van der Waals surface area contributed by atoms with Crippen LogP contribution in [0.25, 0.3) is 0 Å². The van der Waals surface area contributed by atoms with E-state index in [1.54, 1.807) is 0 Å². The van der Waals surface area contributed by atoms with Crippen molar-refractivity contribution in [1.29, 1.82) is 0 Å². The van der Waals surface area contributed by atoms with E-state index in [-0.39, 0.29) is 31.4 Å². The van der Waals surface area contributed by atoms with Crippen LogP contribution in [0.15, 0.2) is 0 Å². The molecular formula is C14H22N2O6. The second kappa shape index (κ2) is 7.77. The lowest BCUT2D eigenvalue weighted by atomic mass is 9.95. The Hall–Kier alpha value is -2.12. The van der Waals surface area contributed by atoms with Gasteiger partial charge in [-0.3, -0.25) is 19.2 Å². The van der Waals surface area contributed by atoms with Gasteiger partial charge in [-0.2, -0.15) is 0 Å². The van der Waals surface area contributed by atoms with E-state index in [1.165, 1.54) is 32.6 Å². The summed E-state index contributed by atoms with van der Waals surface area (Å²) >= 11 is 0. The Morgan fingerprint density at radius 1 is 1.09 bits per heavy atom. The van der Waals surface area contributed by atoms with Crippen molar-refractivity contribution in [3.05, 3.63) is 0 Å². The van der Waals surface area contributed by atoms with Gasteiger partial charge in [-0.25, -0.2) is 0 Å². The Morgan fingerprint density at radius 3 is 2.18 bits per heavy atom. The summed E-state index contributed by atoms with van der Waals surface area (Å²) in [5.41, 5.74) is 0. The van der Waals surface area contributed by atoms with Crippen molar-refractivity contribution >= 4 is 23.8 Å². The lowest BCUT2D eigenvalue weighted by Crippen LogP contribution is -2.61. The first-order valence-electron chi connectivity index (χ1n) is 7.05. The molecule has 0 aromatic heterocycles. The molecule has 1 fully saturated rings. The quantitative estimate of drug-likeness (QED) is 0.709. The molecule has 0 unspecified atom stereocenters. The van der Waals surface area contributed by atoms with E-state index in [4.69, 9.17) is 9.47 Å². The van der Waals surface area contributed by atoms with Gasteiger partial charge in [-0.1, -0.05) is 0 Å². The van der Waals surface area contributed by atoms with Crippen LogP contribution in [0.3, 0.4) is 0 Å². The van der Waals surface area contributed by atoms with Crippen molar-refractivity contribution in [3.63, 3.8) is 0 Å². The van der Waals surface area contributed by atoms with Gasteiger partial charge in [0, 0.05) is 40.7 Å². The van der Waals surface area contributed by atoms with E-state index in [2.05, 4.69) is 5.32 Å². The summed E-state index contributed by atoms with van der Waals surface area (Å²) in [6, 6.07) is -0.880. The number of rotatable bonds is 4. The monoisotopic (exact) mass is 314 g/mol. The van der Waals surface area contributed by atoms with Crippen LogP contribution in [-0.2, 0) is 28.7 Å². The van der Waals surface area contributed by atoms with Crippen molar-refractivity contribution in [2.24, 2.45) is 0 Å². The molecular weight excluding hydrogens is 292 g/mol. The molecule has 0 radical (unpaired) electrons. The molecule has 1 aliphatic rings. The molecule has 8 nitrogen and oxygen atoms in total. The van der Waals surface area contributed by atoms with Gasteiger partial charge < -0.3 is 19.7 Å². The number of carbonyl (C=O) groups excluding carboxylic acids is 4. The number of piperidine rings is 1. The zero-order chi connectivity index (χ0) is 16.9. The Balaban J connectivity index is 2.89. The predicted molar refractivity (Wildman–Crippen MR) is 75.6 cm³/mol. The Bertz CT molecular complexity index is 464. The summed E-state index contributed by atoms with van der Waals surface area (Å²) in [5, 5.41) is 2.69. The SMILES string of the molecule is CC(=O)N[C@H]1CN(C(C)=O)[C@@H](COC(C)=O)C[C@H]1OC(C)=O. The Labute approximate surface area is 129 Å². The highest BCUT2D eigenvalue weighted by atomic mass is 16.5. The maximum absolute atomic E-state index is 11.8. The highest BCUT2D eigenvalue weighted by Crippen LogP contribution is 2.22. The van der Waals surface area contributed by atoms with E-state index in [0.717, 1.165) is 0 Å². The molecule has 0 aromatic rings. The van der Waals surface area contributed by atoms with Gasteiger partial charge in [-0.15, -0.1) is 0 Å². The molecule has 1 saturated heterocycles. The number of hydrogen-bond donors (Lipinski definition) is 1. The highest BCUT2D eigenvalue weighted by molar-refractivity contribution is 5.75. The van der Waals surface area contributed by atoms with E-state index < -0.39 is 30.1 Å². The average molecular weight is 314 g/mol. The van der Waals surface area contributed by atoms with Crippen LogP contribution in [0, 0.1) is 0 Å². The summed E-state index contributed by atoms with van der Waals surface area (Å²) in [4.78, 5) is 46.8. The zero-order valence-corrected chi connectivity index (χ0v) is 13.3. The molecule has 0 spiro atoms. The number of hydrogen-bond acceptors (Lipinski definition) is 6. The van der Waals surface area contributed by atoms with Crippen molar-refractivity contribution in [2.75, 3.05) is 13.2 Å². The van der Waals surface area contributed by atoms with Crippen LogP contribution >= 0.6 is 0 Å². The van der Waals surface area contributed by atoms with Gasteiger partial charge in [-0.05, 0) is 0 Å². The second-order valence-electron chi connectivity index (χ2n) is 5.32. The first-order valence-corrected chi connectivity index (χ1v) is 7.05. The van der Waals surface area contributed by atoms with Gasteiger partial charge in [0.1, 0.15) is 12.7 Å². The van der Waals surface area contributed by atoms with Crippen molar-refractivity contribution in [1.82, 2.24) is 10.2 Å². The van der Waals surface area contributed by atoms with Crippen LogP contribution in [0.2, 0.25) is 0 Å². The summed E-state index contributed by atoms with van der Waals surface area (Å²) in [6.07, 6.45) is -0.283. The molecule has 124 valence electrons. The lowest BCUT2D eigenvalue weighted by Gasteiger charge is -2.42. The molecule has 22 heavy (non-hydrogen) atoms. The molecule has 1 N–H and O–H groups in total. The normalized spacial score (nSPS) is 24.4. The third-order valence-corrected chi connectivity index (χ3v) is 3.38. The number of nitrogens with zero attached hydrogens (tertiary/aromatic N) is 1. The fraction of sp³-hybridized carbons (Fsp3) is 0.714. The summed E-state index contributed by atoms with van der Waals surface area (Å²) < 4.78 is 10.2. The van der Waals surface area contributed by atoms with Gasteiger partial charge in [0.2, 0.25) is 11.8 Å². The van der Waals surface area contributed by atoms with Gasteiger partial charge >= 0.3 is 11.9 Å². The van der Waals surface area contributed by atoms with E-state index in [9.17, 15) is 19.2 Å². The number of nitrogens with one attached hydrogen (secondary N) is 1. The first kappa shape index (κ1) is 17.9. The third-order valence-electron chi connectivity index (χ3n) is 3.38. The Kier molecular flexibility index (Phi) is 6.33. The topological polar surface area (TPSA) is 102 Å². The first-order chi connectivity index (χ1) is 10.2. The molecule has 0 bridgehead atoms. The Morgan fingerprint density at radius 2 is 1.73 bits per heavy atom. The fourth-order valence-electron chi connectivity index (χ4n) is 2.54. The molecule has 0 saturated carbocycles. The molecule has 2 amide bonds. The van der Waals surface area contributed by atoms with Crippen molar-refractivity contribution in [2.45, 2.75) is 52.3 Å². The molecule has 1 rings (SSSR count).